The maximum absolute atomic E-state index is 11.7. The molecule has 0 bridgehead atoms. The van der Waals surface area contributed by atoms with E-state index in [9.17, 15) is 4.79 Å². The second-order valence-electron chi connectivity index (χ2n) is 4.26. The summed E-state index contributed by atoms with van der Waals surface area (Å²) in [6.07, 6.45) is 0. The fraction of sp³-hybridized carbons (Fsp3) is 0.462. The predicted octanol–water partition coefficient (Wildman–Crippen LogP) is 2.55. The molecule has 0 heterocycles. The topological polar surface area (TPSA) is 55.8 Å². The number of rotatable bonds is 5. The summed E-state index contributed by atoms with van der Waals surface area (Å²) in [6.45, 7) is 5.16. The molecule has 0 atom stereocenters. The van der Waals surface area contributed by atoms with Crippen LogP contribution >= 0.6 is 11.6 Å². The van der Waals surface area contributed by atoms with E-state index < -0.39 is 11.6 Å². The van der Waals surface area contributed by atoms with Crippen molar-refractivity contribution < 1.29 is 19.4 Å². The minimum atomic E-state index is -1.11. The van der Waals surface area contributed by atoms with Gasteiger partial charge in [0.25, 0.3) is 0 Å². The van der Waals surface area contributed by atoms with Gasteiger partial charge in [0.2, 0.25) is 0 Å². The van der Waals surface area contributed by atoms with Crippen LogP contribution in [0, 0.1) is 0 Å². The molecular formula is C13H17ClO4. The van der Waals surface area contributed by atoms with Gasteiger partial charge in [0.1, 0.15) is 5.75 Å². The van der Waals surface area contributed by atoms with Crippen molar-refractivity contribution in [1.82, 2.24) is 0 Å². The molecule has 1 aromatic rings. The Morgan fingerprint density at radius 2 is 2.11 bits per heavy atom. The van der Waals surface area contributed by atoms with Crippen LogP contribution in [0.3, 0.4) is 0 Å². The van der Waals surface area contributed by atoms with Gasteiger partial charge in [-0.1, -0.05) is 17.7 Å². The van der Waals surface area contributed by atoms with Crippen LogP contribution in [0.2, 0.25) is 5.02 Å². The highest BCUT2D eigenvalue weighted by Gasteiger charge is 2.32. The predicted molar refractivity (Wildman–Crippen MR) is 68.7 cm³/mol. The highest BCUT2D eigenvalue weighted by molar-refractivity contribution is 6.32. The Labute approximate surface area is 111 Å². The van der Waals surface area contributed by atoms with E-state index >= 15 is 0 Å². The summed E-state index contributed by atoms with van der Waals surface area (Å²) >= 11 is 6.01. The fourth-order valence-electron chi connectivity index (χ4n) is 1.35. The lowest BCUT2D eigenvalue weighted by atomic mass is 10.1. The molecular weight excluding hydrogens is 256 g/mol. The quantitative estimate of drug-likeness (QED) is 0.837. The van der Waals surface area contributed by atoms with E-state index in [1.165, 1.54) is 0 Å². The smallest absolute Gasteiger partial charge is 0.349 e. The van der Waals surface area contributed by atoms with Gasteiger partial charge in [0.05, 0.1) is 18.2 Å². The molecule has 0 amide bonds. The Hall–Kier alpha value is -1.26. The third-order valence-corrected chi connectivity index (χ3v) is 2.61. The van der Waals surface area contributed by atoms with E-state index in [1.54, 1.807) is 39.0 Å². The normalized spacial score (nSPS) is 11.2. The highest BCUT2D eigenvalue weighted by Crippen LogP contribution is 2.29. The molecule has 0 aliphatic heterocycles. The molecule has 1 rings (SSSR count). The molecule has 0 unspecified atom stereocenters. The summed E-state index contributed by atoms with van der Waals surface area (Å²) in [7, 11) is 0. The standard InChI is InChI=1S/C13H17ClO4/c1-4-17-12(16)13(2,3)18-11-6-5-9(8-15)7-10(11)14/h5-7,15H,4,8H2,1-3H3. The minimum Gasteiger partial charge on any atom is -0.475 e. The van der Waals surface area contributed by atoms with Gasteiger partial charge in [-0.05, 0) is 38.5 Å². The molecule has 0 saturated carbocycles. The SMILES string of the molecule is CCOC(=O)C(C)(C)Oc1ccc(CO)cc1Cl. The van der Waals surface area contributed by atoms with Crippen LogP contribution in [0.1, 0.15) is 26.3 Å². The molecule has 0 radical (unpaired) electrons. The number of ether oxygens (including phenoxy) is 2. The molecule has 0 fully saturated rings. The monoisotopic (exact) mass is 272 g/mol. The number of carbonyl (C=O) groups excluding carboxylic acids is 1. The largest absolute Gasteiger partial charge is 0.475 e. The van der Waals surface area contributed by atoms with Crippen molar-refractivity contribution in [3.05, 3.63) is 28.8 Å². The maximum Gasteiger partial charge on any atom is 0.349 e. The summed E-state index contributed by atoms with van der Waals surface area (Å²) in [5, 5.41) is 9.32. The molecule has 0 aliphatic carbocycles. The van der Waals surface area contributed by atoms with Crippen molar-refractivity contribution in [1.29, 1.82) is 0 Å². The van der Waals surface area contributed by atoms with Crippen LogP contribution in [0.25, 0.3) is 0 Å². The molecule has 5 heteroatoms. The molecule has 100 valence electrons. The van der Waals surface area contributed by atoms with Gasteiger partial charge in [-0.15, -0.1) is 0 Å². The second-order valence-corrected chi connectivity index (χ2v) is 4.66. The van der Waals surface area contributed by atoms with Crippen molar-refractivity contribution >= 4 is 17.6 Å². The molecule has 1 N–H and O–H groups in total. The van der Waals surface area contributed by atoms with E-state index in [0.29, 0.717) is 22.9 Å². The molecule has 0 aromatic heterocycles. The van der Waals surface area contributed by atoms with E-state index in [0.717, 1.165) is 0 Å². The highest BCUT2D eigenvalue weighted by atomic mass is 35.5. The van der Waals surface area contributed by atoms with E-state index in [-0.39, 0.29) is 6.61 Å². The van der Waals surface area contributed by atoms with Crippen molar-refractivity contribution in [2.75, 3.05) is 6.61 Å². The second kappa shape index (κ2) is 6.07. The number of hydrogen-bond acceptors (Lipinski definition) is 4. The lowest BCUT2D eigenvalue weighted by Gasteiger charge is -2.24. The molecule has 0 spiro atoms. The summed E-state index contributed by atoms with van der Waals surface area (Å²) in [5.41, 5.74) is -0.429. The Kier molecular flexibility index (Phi) is 4.99. The van der Waals surface area contributed by atoms with Gasteiger partial charge >= 0.3 is 5.97 Å². The van der Waals surface area contributed by atoms with Crippen LogP contribution in [0.5, 0.6) is 5.75 Å². The van der Waals surface area contributed by atoms with Gasteiger partial charge < -0.3 is 14.6 Å². The number of halogens is 1. The van der Waals surface area contributed by atoms with Crippen molar-refractivity contribution in [3.8, 4) is 5.75 Å². The molecule has 0 saturated heterocycles. The average Bonchev–Trinajstić information content (AvgIpc) is 2.32. The van der Waals surface area contributed by atoms with Gasteiger partial charge in [-0.3, -0.25) is 0 Å². The first-order valence-corrected chi connectivity index (χ1v) is 6.04. The number of benzene rings is 1. The molecule has 4 nitrogen and oxygen atoms in total. The van der Waals surface area contributed by atoms with E-state index in [1.807, 2.05) is 0 Å². The Bertz CT molecular complexity index is 429. The fourth-order valence-corrected chi connectivity index (χ4v) is 1.59. The number of esters is 1. The minimum absolute atomic E-state index is 0.0960. The van der Waals surface area contributed by atoms with Gasteiger partial charge in [0.15, 0.2) is 5.60 Å². The number of hydrogen-bond donors (Lipinski definition) is 1. The summed E-state index contributed by atoms with van der Waals surface area (Å²) < 4.78 is 10.5. The first-order chi connectivity index (χ1) is 8.40. The molecule has 18 heavy (non-hydrogen) atoms. The zero-order valence-electron chi connectivity index (χ0n) is 10.7. The summed E-state index contributed by atoms with van der Waals surface area (Å²) in [6, 6.07) is 4.90. The zero-order chi connectivity index (χ0) is 13.8. The van der Waals surface area contributed by atoms with Crippen LogP contribution in [-0.4, -0.2) is 23.3 Å². The molecule has 1 aromatic carbocycles. The lowest BCUT2D eigenvalue weighted by molar-refractivity contribution is -0.158. The number of carbonyl (C=O) groups is 1. The van der Waals surface area contributed by atoms with Gasteiger partial charge in [-0.2, -0.15) is 0 Å². The Balaban J connectivity index is 2.87. The number of aliphatic hydroxyl groups is 1. The van der Waals surface area contributed by atoms with Crippen LogP contribution in [-0.2, 0) is 16.1 Å². The third kappa shape index (κ3) is 3.62. The lowest BCUT2D eigenvalue weighted by Crippen LogP contribution is -2.39. The van der Waals surface area contributed by atoms with Crippen LogP contribution in [0.4, 0.5) is 0 Å². The van der Waals surface area contributed by atoms with E-state index in [4.69, 9.17) is 26.2 Å². The van der Waals surface area contributed by atoms with Crippen molar-refractivity contribution in [2.24, 2.45) is 0 Å². The number of aliphatic hydroxyl groups excluding tert-OH is 1. The van der Waals surface area contributed by atoms with Crippen molar-refractivity contribution in [3.63, 3.8) is 0 Å². The summed E-state index contributed by atoms with van der Waals surface area (Å²) in [4.78, 5) is 11.7. The zero-order valence-corrected chi connectivity index (χ0v) is 11.5. The molecule has 0 aliphatic rings. The summed E-state index contributed by atoms with van der Waals surface area (Å²) in [5.74, 6) is -0.0702. The van der Waals surface area contributed by atoms with Crippen LogP contribution in [0.15, 0.2) is 18.2 Å². The van der Waals surface area contributed by atoms with E-state index in [2.05, 4.69) is 0 Å². The van der Waals surface area contributed by atoms with Gasteiger partial charge in [0, 0.05) is 0 Å². The first-order valence-electron chi connectivity index (χ1n) is 5.66. The maximum atomic E-state index is 11.7. The first kappa shape index (κ1) is 14.8. The average molecular weight is 273 g/mol. The third-order valence-electron chi connectivity index (χ3n) is 2.31. The van der Waals surface area contributed by atoms with Crippen molar-refractivity contribution in [2.45, 2.75) is 33.0 Å². The Morgan fingerprint density at radius 3 is 2.61 bits per heavy atom. The Morgan fingerprint density at radius 1 is 1.44 bits per heavy atom. The van der Waals surface area contributed by atoms with Gasteiger partial charge in [-0.25, -0.2) is 4.79 Å². The van der Waals surface area contributed by atoms with Crippen LogP contribution < -0.4 is 4.74 Å².